The van der Waals surface area contributed by atoms with Gasteiger partial charge in [0.2, 0.25) is 5.91 Å². The fraction of sp³-hybridized carbons (Fsp3) is 0.185. The zero-order chi connectivity index (χ0) is 23.0. The van der Waals surface area contributed by atoms with Crippen LogP contribution < -0.4 is 10.1 Å². The summed E-state index contributed by atoms with van der Waals surface area (Å²) in [5, 5.41) is 3.54. The van der Waals surface area contributed by atoms with Gasteiger partial charge in [0.15, 0.2) is 5.17 Å². The molecule has 3 aromatic carbocycles. The Bertz CT molecular complexity index is 1140. The van der Waals surface area contributed by atoms with Gasteiger partial charge in [-0.05, 0) is 54.0 Å². The molecule has 4 rings (SSSR count). The Morgan fingerprint density at radius 3 is 2.52 bits per heavy atom. The van der Waals surface area contributed by atoms with Crippen LogP contribution in [0.3, 0.4) is 0 Å². The monoisotopic (exact) mass is 474 g/mol. The minimum Gasteiger partial charge on any atom is -0.497 e. The second kappa shape index (κ2) is 11.3. The standard InChI is InChI=1S/C27H26N2O2S2/c1-19-3-5-21(6-4-19)17-32-24-14-7-20(8-15-24)9-16-26(30)29-27-28-25(18-33-27)22-10-12-23(31-2)13-11-22/h3-16,25H,17-18H2,1-2H3,(H,28,29,30)/b16-9+. The molecule has 33 heavy (non-hydrogen) atoms. The molecular formula is C27H26N2O2S2. The maximum Gasteiger partial charge on any atom is 0.249 e. The largest absolute Gasteiger partial charge is 0.497 e. The normalized spacial score (nSPS) is 15.5. The number of carbonyl (C=O) groups excluding carboxylic acids is 1. The summed E-state index contributed by atoms with van der Waals surface area (Å²) in [6.07, 6.45) is 3.38. The van der Waals surface area contributed by atoms with Crippen LogP contribution in [0.15, 0.2) is 88.8 Å². The van der Waals surface area contributed by atoms with Crippen molar-refractivity contribution in [1.82, 2.24) is 5.32 Å². The number of aliphatic imine (C=N–C) groups is 1. The number of nitrogens with zero attached hydrogens (tertiary/aromatic N) is 1. The number of thioether (sulfide) groups is 2. The molecule has 0 saturated heterocycles. The van der Waals surface area contributed by atoms with Gasteiger partial charge in [0.1, 0.15) is 5.75 Å². The molecule has 1 atom stereocenters. The molecule has 1 aliphatic heterocycles. The molecule has 6 heteroatoms. The first kappa shape index (κ1) is 23.2. The zero-order valence-corrected chi connectivity index (χ0v) is 20.3. The van der Waals surface area contributed by atoms with Crippen LogP contribution in [0.5, 0.6) is 5.75 Å². The summed E-state index contributed by atoms with van der Waals surface area (Å²) in [7, 11) is 1.65. The van der Waals surface area contributed by atoms with Crippen molar-refractivity contribution < 1.29 is 9.53 Å². The lowest BCUT2D eigenvalue weighted by Crippen LogP contribution is -2.25. The Kier molecular flexibility index (Phi) is 7.92. The molecule has 0 radical (unpaired) electrons. The van der Waals surface area contributed by atoms with E-state index in [1.54, 1.807) is 36.7 Å². The number of carbonyl (C=O) groups is 1. The first-order chi connectivity index (χ1) is 16.1. The SMILES string of the molecule is COc1ccc(C2CSC(NC(=O)/C=C/c3ccc(SCc4ccc(C)cc4)cc3)=N2)cc1. The minimum atomic E-state index is -0.172. The van der Waals surface area contributed by atoms with Gasteiger partial charge in [-0.2, -0.15) is 0 Å². The van der Waals surface area contributed by atoms with Crippen molar-refractivity contribution in [3.05, 3.63) is 101 Å². The van der Waals surface area contributed by atoms with E-state index in [1.165, 1.54) is 16.0 Å². The van der Waals surface area contributed by atoms with E-state index in [1.807, 2.05) is 42.5 Å². The molecule has 3 aromatic rings. The predicted molar refractivity (Wildman–Crippen MR) is 140 cm³/mol. The highest BCUT2D eigenvalue weighted by molar-refractivity contribution is 8.14. The lowest BCUT2D eigenvalue weighted by atomic mass is 10.1. The number of hydrogen-bond acceptors (Lipinski definition) is 5. The molecule has 0 aromatic heterocycles. The van der Waals surface area contributed by atoms with Crippen molar-refractivity contribution in [1.29, 1.82) is 0 Å². The summed E-state index contributed by atoms with van der Waals surface area (Å²) >= 11 is 3.37. The Morgan fingerprint density at radius 1 is 1.09 bits per heavy atom. The van der Waals surface area contributed by atoms with Crippen molar-refractivity contribution in [2.24, 2.45) is 4.99 Å². The number of hydrogen-bond donors (Lipinski definition) is 1. The third kappa shape index (κ3) is 6.76. The molecule has 1 amide bonds. The second-order valence-corrected chi connectivity index (χ2v) is 9.76. The van der Waals surface area contributed by atoms with Crippen LogP contribution >= 0.6 is 23.5 Å². The van der Waals surface area contributed by atoms with Crippen LogP contribution in [-0.2, 0) is 10.5 Å². The van der Waals surface area contributed by atoms with Gasteiger partial charge in [0.05, 0.1) is 13.2 Å². The number of benzene rings is 3. The van der Waals surface area contributed by atoms with E-state index in [2.05, 4.69) is 53.6 Å². The Hall–Kier alpha value is -2.96. The third-order valence-corrected chi connectivity index (χ3v) is 7.26. The van der Waals surface area contributed by atoms with Crippen molar-refractivity contribution in [3.63, 3.8) is 0 Å². The van der Waals surface area contributed by atoms with Gasteiger partial charge in [-0.3, -0.25) is 9.79 Å². The maximum atomic E-state index is 12.3. The van der Waals surface area contributed by atoms with Crippen LogP contribution in [-0.4, -0.2) is 23.9 Å². The molecule has 0 aliphatic carbocycles. The summed E-state index contributed by atoms with van der Waals surface area (Å²) < 4.78 is 5.20. The summed E-state index contributed by atoms with van der Waals surface area (Å²) in [5.41, 5.74) is 4.69. The fourth-order valence-electron chi connectivity index (χ4n) is 3.28. The molecule has 168 valence electrons. The summed E-state index contributed by atoms with van der Waals surface area (Å²) in [6.45, 7) is 2.10. The van der Waals surface area contributed by atoms with Crippen LogP contribution in [0.4, 0.5) is 0 Å². The fourth-order valence-corrected chi connectivity index (χ4v) is 5.10. The minimum absolute atomic E-state index is 0.0464. The van der Waals surface area contributed by atoms with Crippen molar-refractivity contribution >= 4 is 40.7 Å². The molecule has 1 aliphatic rings. The molecular weight excluding hydrogens is 448 g/mol. The van der Waals surface area contributed by atoms with Gasteiger partial charge >= 0.3 is 0 Å². The Balaban J connectivity index is 1.27. The van der Waals surface area contributed by atoms with Crippen molar-refractivity contribution in [2.75, 3.05) is 12.9 Å². The average molecular weight is 475 g/mol. The highest BCUT2D eigenvalue weighted by Crippen LogP contribution is 2.30. The van der Waals surface area contributed by atoms with Crippen molar-refractivity contribution in [2.45, 2.75) is 23.6 Å². The second-order valence-electron chi connectivity index (χ2n) is 7.70. The highest BCUT2D eigenvalue weighted by atomic mass is 32.2. The molecule has 0 fully saturated rings. The molecule has 0 bridgehead atoms. The van der Waals surface area contributed by atoms with Gasteiger partial charge in [-0.1, -0.05) is 65.9 Å². The lowest BCUT2D eigenvalue weighted by molar-refractivity contribution is -0.115. The van der Waals surface area contributed by atoms with E-state index in [4.69, 9.17) is 4.74 Å². The summed E-state index contributed by atoms with van der Waals surface area (Å²) in [6, 6.07) is 24.8. The quantitative estimate of drug-likeness (QED) is 0.324. The Labute approximate surface area is 203 Å². The first-order valence-electron chi connectivity index (χ1n) is 10.7. The lowest BCUT2D eigenvalue weighted by Gasteiger charge is -2.06. The van der Waals surface area contributed by atoms with E-state index in [0.717, 1.165) is 28.4 Å². The topological polar surface area (TPSA) is 50.7 Å². The molecule has 0 saturated carbocycles. The number of ether oxygens (including phenoxy) is 1. The summed E-state index contributed by atoms with van der Waals surface area (Å²) in [5.74, 6) is 2.40. The molecule has 0 spiro atoms. The van der Waals surface area contributed by atoms with E-state index >= 15 is 0 Å². The number of aryl methyl sites for hydroxylation is 1. The summed E-state index contributed by atoms with van der Waals surface area (Å²) in [4.78, 5) is 18.2. The van der Waals surface area contributed by atoms with E-state index in [9.17, 15) is 4.79 Å². The number of amides is 1. The predicted octanol–water partition coefficient (Wildman–Crippen LogP) is 6.27. The number of amidine groups is 1. The van der Waals surface area contributed by atoms with Gasteiger partial charge in [0, 0.05) is 22.5 Å². The van der Waals surface area contributed by atoms with Crippen LogP contribution in [0.25, 0.3) is 6.08 Å². The van der Waals surface area contributed by atoms with Gasteiger partial charge < -0.3 is 10.1 Å². The average Bonchev–Trinajstić information content (AvgIpc) is 3.31. The number of nitrogens with one attached hydrogen (secondary N) is 1. The van der Waals surface area contributed by atoms with E-state index in [0.29, 0.717) is 5.17 Å². The third-order valence-electron chi connectivity index (χ3n) is 5.22. The number of methoxy groups -OCH3 is 1. The Morgan fingerprint density at radius 2 is 1.82 bits per heavy atom. The molecule has 4 nitrogen and oxygen atoms in total. The molecule has 1 heterocycles. The van der Waals surface area contributed by atoms with Crippen molar-refractivity contribution in [3.8, 4) is 5.75 Å². The van der Waals surface area contributed by atoms with E-state index < -0.39 is 0 Å². The van der Waals surface area contributed by atoms with Gasteiger partial charge in [-0.25, -0.2) is 0 Å². The smallest absolute Gasteiger partial charge is 0.249 e. The zero-order valence-electron chi connectivity index (χ0n) is 18.7. The number of rotatable bonds is 7. The first-order valence-corrected chi connectivity index (χ1v) is 12.7. The highest BCUT2D eigenvalue weighted by Gasteiger charge is 2.20. The molecule has 1 unspecified atom stereocenters. The van der Waals surface area contributed by atoms with Gasteiger partial charge in [0.25, 0.3) is 0 Å². The van der Waals surface area contributed by atoms with Crippen LogP contribution in [0, 0.1) is 6.92 Å². The van der Waals surface area contributed by atoms with Crippen LogP contribution in [0.1, 0.15) is 28.3 Å². The maximum absolute atomic E-state index is 12.3. The van der Waals surface area contributed by atoms with Gasteiger partial charge in [-0.15, -0.1) is 11.8 Å². The molecule has 1 N–H and O–H groups in total. The van der Waals surface area contributed by atoms with Crippen LogP contribution in [0.2, 0.25) is 0 Å². The van der Waals surface area contributed by atoms with E-state index in [-0.39, 0.29) is 11.9 Å².